The largest absolute Gasteiger partial charge is 0.508 e. The SMILES string of the molecule is C=CC(=O)NCc1cc(O)ccc1NC1CCCCC1. The Hall–Kier alpha value is -1.97. The average molecular weight is 274 g/mol. The topological polar surface area (TPSA) is 61.4 Å². The average Bonchev–Trinajstić information content (AvgIpc) is 2.48. The first-order chi connectivity index (χ1) is 9.69. The first-order valence-electron chi connectivity index (χ1n) is 7.17. The Morgan fingerprint density at radius 1 is 1.35 bits per heavy atom. The van der Waals surface area contributed by atoms with Crippen molar-refractivity contribution in [3.8, 4) is 5.75 Å². The molecule has 0 atom stereocenters. The molecule has 4 heteroatoms. The fourth-order valence-corrected chi connectivity index (χ4v) is 2.59. The van der Waals surface area contributed by atoms with E-state index in [-0.39, 0.29) is 11.7 Å². The summed E-state index contributed by atoms with van der Waals surface area (Å²) in [4.78, 5) is 11.3. The van der Waals surface area contributed by atoms with Gasteiger partial charge in [-0.25, -0.2) is 0 Å². The lowest BCUT2D eigenvalue weighted by atomic mass is 9.95. The van der Waals surface area contributed by atoms with Crippen LogP contribution in [-0.4, -0.2) is 17.1 Å². The molecule has 4 nitrogen and oxygen atoms in total. The van der Waals surface area contributed by atoms with Gasteiger partial charge in [0.2, 0.25) is 5.91 Å². The van der Waals surface area contributed by atoms with Gasteiger partial charge in [-0.15, -0.1) is 0 Å². The number of anilines is 1. The molecule has 1 aromatic rings. The molecule has 1 aromatic carbocycles. The van der Waals surface area contributed by atoms with Crippen molar-refractivity contribution < 1.29 is 9.90 Å². The van der Waals surface area contributed by atoms with Crippen molar-refractivity contribution in [3.63, 3.8) is 0 Å². The third-order valence-corrected chi connectivity index (χ3v) is 3.69. The molecule has 0 heterocycles. The van der Waals surface area contributed by atoms with Crippen LogP contribution in [0.2, 0.25) is 0 Å². The summed E-state index contributed by atoms with van der Waals surface area (Å²) in [5.74, 6) is -0.000921. The smallest absolute Gasteiger partial charge is 0.243 e. The molecule has 0 aliphatic heterocycles. The van der Waals surface area contributed by atoms with E-state index in [0.29, 0.717) is 12.6 Å². The van der Waals surface area contributed by atoms with E-state index in [4.69, 9.17) is 0 Å². The van der Waals surface area contributed by atoms with Crippen molar-refractivity contribution >= 4 is 11.6 Å². The third kappa shape index (κ3) is 4.02. The van der Waals surface area contributed by atoms with Crippen molar-refractivity contribution in [1.82, 2.24) is 5.32 Å². The van der Waals surface area contributed by atoms with E-state index in [2.05, 4.69) is 17.2 Å². The molecular formula is C16H22N2O2. The molecule has 0 saturated heterocycles. The van der Waals surface area contributed by atoms with Gasteiger partial charge in [-0.05, 0) is 42.7 Å². The molecule has 2 rings (SSSR count). The minimum Gasteiger partial charge on any atom is -0.508 e. The Labute approximate surface area is 119 Å². The van der Waals surface area contributed by atoms with Crippen LogP contribution < -0.4 is 10.6 Å². The fourth-order valence-electron chi connectivity index (χ4n) is 2.59. The molecule has 1 aliphatic carbocycles. The highest BCUT2D eigenvalue weighted by Crippen LogP contribution is 2.26. The van der Waals surface area contributed by atoms with Crippen molar-refractivity contribution in [2.45, 2.75) is 44.7 Å². The van der Waals surface area contributed by atoms with Gasteiger partial charge in [-0.3, -0.25) is 4.79 Å². The molecule has 1 amide bonds. The van der Waals surface area contributed by atoms with Crippen molar-refractivity contribution in [2.75, 3.05) is 5.32 Å². The zero-order valence-electron chi connectivity index (χ0n) is 11.7. The van der Waals surface area contributed by atoms with E-state index < -0.39 is 0 Å². The molecule has 0 unspecified atom stereocenters. The van der Waals surface area contributed by atoms with Crippen LogP contribution in [0.1, 0.15) is 37.7 Å². The maximum Gasteiger partial charge on any atom is 0.243 e. The monoisotopic (exact) mass is 274 g/mol. The van der Waals surface area contributed by atoms with Crippen LogP contribution in [0.5, 0.6) is 5.75 Å². The summed E-state index contributed by atoms with van der Waals surface area (Å²) in [6, 6.07) is 5.72. The highest BCUT2D eigenvalue weighted by molar-refractivity contribution is 5.86. The van der Waals surface area contributed by atoms with Crippen LogP contribution >= 0.6 is 0 Å². The zero-order chi connectivity index (χ0) is 14.4. The second kappa shape index (κ2) is 6.98. The second-order valence-electron chi connectivity index (χ2n) is 5.24. The number of carbonyl (C=O) groups excluding carboxylic acids is 1. The number of aromatic hydroxyl groups is 1. The lowest BCUT2D eigenvalue weighted by Crippen LogP contribution is -2.25. The summed E-state index contributed by atoms with van der Waals surface area (Å²) in [5, 5.41) is 15.9. The highest BCUT2D eigenvalue weighted by atomic mass is 16.3. The minimum absolute atomic E-state index is 0.210. The highest BCUT2D eigenvalue weighted by Gasteiger charge is 2.14. The van der Waals surface area contributed by atoms with E-state index in [1.165, 1.54) is 38.2 Å². The summed E-state index contributed by atoms with van der Waals surface area (Å²) >= 11 is 0. The third-order valence-electron chi connectivity index (χ3n) is 3.69. The quantitative estimate of drug-likeness (QED) is 0.571. The minimum atomic E-state index is -0.211. The summed E-state index contributed by atoms with van der Waals surface area (Å²) in [6.45, 7) is 3.81. The number of phenols is 1. The van der Waals surface area contributed by atoms with Crippen LogP contribution in [0.25, 0.3) is 0 Å². The Morgan fingerprint density at radius 3 is 2.80 bits per heavy atom. The van der Waals surface area contributed by atoms with Gasteiger partial charge in [0, 0.05) is 18.3 Å². The molecule has 20 heavy (non-hydrogen) atoms. The number of carbonyl (C=O) groups is 1. The number of hydrogen-bond donors (Lipinski definition) is 3. The Kier molecular flexibility index (Phi) is 5.04. The summed E-state index contributed by atoms with van der Waals surface area (Å²) in [5.41, 5.74) is 1.88. The van der Waals surface area contributed by atoms with Gasteiger partial charge < -0.3 is 15.7 Å². The van der Waals surface area contributed by atoms with Crippen LogP contribution in [0.4, 0.5) is 5.69 Å². The molecule has 108 valence electrons. The van der Waals surface area contributed by atoms with Crippen LogP contribution in [0.15, 0.2) is 30.9 Å². The van der Waals surface area contributed by atoms with Crippen LogP contribution in [-0.2, 0) is 11.3 Å². The van der Waals surface area contributed by atoms with E-state index in [1.807, 2.05) is 6.07 Å². The van der Waals surface area contributed by atoms with Gasteiger partial charge in [0.1, 0.15) is 5.75 Å². The van der Waals surface area contributed by atoms with E-state index in [0.717, 1.165) is 11.3 Å². The molecule has 0 radical (unpaired) electrons. The van der Waals surface area contributed by atoms with Crippen molar-refractivity contribution in [2.24, 2.45) is 0 Å². The molecule has 3 N–H and O–H groups in total. The molecule has 0 spiro atoms. The maximum absolute atomic E-state index is 11.3. The van der Waals surface area contributed by atoms with E-state index in [1.54, 1.807) is 12.1 Å². The van der Waals surface area contributed by atoms with Gasteiger partial charge in [-0.1, -0.05) is 25.8 Å². The van der Waals surface area contributed by atoms with Gasteiger partial charge in [-0.2, -0.15) is 0 Å². The number of phenolic OH excluding ortho intramolecular Hbond substituents is 1. The Bertz CT molecular complexity index is 479. The van der Waals surface area contributed by atoms with Crippen LogP contribution in [0.3, 0.4) is 0 Å². The maximum atomic E-state index is 11.3. The molecule has 1 saturated carbocycles. The predicted molar refractivity (Wildman–Crippen MR) is 80.6 cm³/mol. The lowest BCUT2D eigenvalue weighted by Gasteiger charge is -2.25. The van der Waals surface area contributed by atoms with Crippen LogP contribution in [0, 0.1) is 0 Å². The first kappa shape index (κ1) is 14.4. The number of amides is 1. The van der Waals surface area contributed by atoms with Crippen molar-refractivity contribution in [1.29, 1.82) is 0 Å². The van der Waals surface area contributed by atoms with Crippen molar-refractivity contribution in [3.05, 3.63) is 36.4 Å². The standard InChI is InChI=1S/C16H22N2O2/c1-2-16(20)17-11-12-10-14(19)8-9-15(12)18-13-6-4-3-5-7-13/h2,8-10,13,18-19H,1,3-7,11H2,(H,17,20). The fraction of sp³-hybridized carbons (Fsp3) is 0.438. The summed E-state index contributed by atoms with van der Waals surface area (Å²) in [7, 11) is 0. The summed E-state index contributed by atoms with van der Waals surface area (Å²) < 4.78 is 0. The predicted octanol–water partition coefficient (Wildman–Crippen LogP) is 2.94. The van der Waals surface area contributed by atoms with Gasteiger partial charge in [0.15, 0.2) is 0 Å². The van der Waals surface area contributed by atoms with Gasteiger partial charge in [0.05, 0.1) is 0 Å². The van der Waals surface area contributed by atoms with E-state index >= 15 is 0 Å². The first-order valence-corrected chi connectivity index (χ1v) is 7.17. The number of nitrogens with one attached hydrogen (secondary N) is 2. The molecule has 0 aromatic heterocycles. The Balaban J connectivity index is 2.06. The lowest BCUT2D eigenvalue weighted by molar-refractivity contribution is -0.116. The van der Waals surface area contributed by atoms with Gasteiger partial charge in [0.25, 0.3) is 0 Å². The Morgan fingerprint density at radius 2 is 2.10 bits per heavy atom. The number of hydrogen-bond acceptors (Lipinski definition) is 3. The molecule has 1 aliphatic rings. The molecule has 1 fully saturated rings. The van der Waals surface area contributed by atoms with E-state index in [9.17, 15) is 9.90 Å². The molecular weight excluding hydrogens is 252 g/mol. The zero-order valence-corrected chi connectivity index (χ0v) is 11.7. The normalized spacial score (nSPS) is 15.6. The summed E-state index contributed by atoms with van der Waals surface area (Å²) in [6.07, 6.45) is 7.45. The number of rotatable bonds is 5. The van der Waals surface area contributed by atoms with Gasteiger partial charge >= 0.3 is 0 Å². The molecule has 0 bridgehead atoms. The second-order valence-corrected chi connectivity index (χ2v) is 5.24. The number of benzene rings is 1.